The molecule has 2 heterocycles. The zero-order chi connectivity index (χ0) is 17.5. The Hall–Kier alpha value is -1.89. The van der Waals surface area contributed by atoms with E-state index in [0.717, 1.165) is 31.7 Å². The number of ether oxygens (including phenoxy) is 1. The molecule has 0 radical (unpaired) electrons. The van der Waals surface area contributed by atoms with Crippen LogP contribution < -0.4 is 4.74 Å². The number of aromatic nitrogens is 2. The molecule has 6 nitrogen and oxygen atoms in total. The van der Waals surface area contributed by atoms with Gasteiger partial charge >= 0.3 is 0 Å². The van der Waals surface area contributed by atoms with Crippen molar-refractivity contribution in [3.8, 4) is 5.75 Å². The second-order valence-corrected chi connectivity index (χ2v) is 6.56. The molecule has 1 aliphatic rings. The topological polar surface area (TPSA) is 70.8 Å². The Morgan fingerprint density at radius 1 is 1.16 bits per heavy atom. The van der Waals surface area contributed by atoms with E-state index in [2.05, 4.69) is 16.1 Å². The molecule has 3 rings (SSSR count). The highest BCUT2D eigenvalue weighted by atomic mass is 16.5. The molecule has 2 aromatic rings. The molecule has 1 aromatic heterocycles. The highest BCUT2D eigenvalue weighted by Gasteiger charge is 2.24. The predicted octanol–water partition coefficient (Wildman–Crippen LogP) is 1.49. The second kappa shape index (κ2) is 8.99. The molecule has 0 spiro atoms. The molecule has 2 N–H and O–H groups in total. The number of likely N-dealkylation sites (tertiary alicyclic amines) is 1. The van der Waals surface area contributed by atoms with Crippen LogP contribution in [0.5, 0.6) is 5.75 Å². The standard InChI is InChI=1S/C19H27N3O3/c23-13-12-22-19(6-9-20-22)16-7-10-21(11-8-16)14-17(24)15-25-18-4-2-1-3-5-18/h1-6,9,16-17,23-24H,7-8,10-15H2. The lowest BCUT2D eigenvalue weighted by Crippen LogP contribution is -2.40. The number of rotatable bonds is 8. The lowest BCUT2D eigenvalue weighted by Gasteiger charge is -2.33. The third-order valence-corrected chi connectivity index (χ3v) is 4.72. The Bertz CT molecular complexity index is 624. The van der Waals surface area contributed by atoms with Gasteiger partial charge in [0.1, 0.15) is 18.5 Å². The predicted molar refractivity (Wildman–Crippen MR) is 95.7 cm³/mol. The Labute approximate surface area is 148 Å². The number of piperidine rings is 1. The first-order valence-corrected chi connectivity index (χ1v) is 8.97. The van der Waals surface area contributed by atoms with E-state index < -0.39 is 6.10 Å². The van der Waals surface area contributed by atoms with Crippen LogP contribution in [0.2, 0.25) is 0 Å². The normalized spacial score (nSPS) is 17.5. The lowest BCUT2D eigenvalue weighted by molar-refractivity contribution is 0.0590. The van der Waals surface area contributed by atoms with Gasteiger partial charge in [-0.1, -0.05) is 18.2 Å². The van der Waals surface area contributed by atoms with Crippen molar-refractivity contribution >= 4 is 0 Å². The molecule has 0 amide bonds. The number of nitrogens with zero attached hydrogens (tertiary/aromatic N) is 3. The SMILES string of the molecule is OCCn1nccc1C1CCN(CC(O)COc2ccccc2)CC1. The maximum absolute atomic E-state index is 10.2. The van der Waals surface area contributed by atoms with Crippen molar-refractivity contribution < 1.29 is 14.9 Å². The summed E-state index contributed by atoms with van der Waals surface area (Å²) in [6, 6.07) is 11.6. The summed E-state index contributed by atoms with van der Waals surface area (Å²) in [5, 5.41) is 23.6. The van der Waals surface area contributed by atoms with Gasteiger partial charge in [0.2, 0.25) is 0 Å². The number of β-amino-alcohol motifs (C(OH)–C–C–N with tert-alkyl or cyclic N) is 1. The summed E-state index contributed by atoms with van der Waals surface area (Å²) in [6.07, 6.45) is 3.41. The summed E-state index contributed by atoms with van der Waals surface area (Å²) < 4.78 is 7.53. The van der Waals surface area contributed by atoms with Crippen molar-refractivity contribution in [3.63, 3.8) is 0 Å². The Morgan fingerprint density at radius 3 is 2.64 bits per heavy atom. The van der Waals surface area contributed by atoms with E-state index in [1.165, 1.54) is 5.69 Å². The minimum Gasteiger partial charge on any atom is -0.491 e. The van der Waals surface area contributed by atoms with Crippen LogP contribution in [0.3, 0.4) is 0 Å². The molecule has 1 aromatic carbocycles. The first kappa shape index (κ1) is 17.9. The molecule has 1 saturated heterocycles. The molecule has 25 heavy (non-hydrogen) atoms. The molecule has 1 fully saturated rings. The summed E-state index contributed by atoms with van der Waals surface area (Å²) >= 11 is 0. The van der Waals surface area contributed by atoms with Gasteiger partial charge in [-0.3, -0.25) is 4.68 Å². The lowest BCUT2D eigenvalue weighted by atomic mass is 9.93. The van der Waals surface area contributed by atoms with Crippen molar-refractivity contribution in [1.29, 1.82) is 0 Å². The molecule has 0 saturated carbocycles. The number of para-hydroxylation sites is 1. The van der Waals surface area contributed by atoms with Gasteiger partial charge in [-0.15, -0.1) is 0 Å². The summed E-state index contributed by atoms with van der Waals surface area (Å²) in [4.78, 5) is 2.29. The number of hydrogen-bond donors (Lipinski definition) is 2. The first-order valence-electron chi connectivity index (χ1n) is 8.97. The van der Waals surface area contributed by atoms with E-state index in [1.807, 2.05) is 41.2 Å². The average molecular weight is 345 g/mol. The average Bonchev–Trinajstić information content (AvgIpc) is 3.10. The van der Waals surface area contributed by atoms with Crippen LogP contribution in [0.25, 0.3) is 0 Å². The van der Waals surface area contributed by atoms with Crippen molar-refractivity contribution in [1.82, 2.24) is 14.7 Å². The highest BCUT2D eigenvalue weighted by Crippen LogP contribution is 2.27. The Morgan fingerprint density at radius 2 is 1.92 bits per heavy atom. The minimum absolute atomic E-state index is 0.112. The van der Waals surface area contributed by atoms with Crippen LogP contribution in [0.1, 0.15) is 24.5 Å². The maximum atomic E-state index is 10.2. The largest absolute Gasteiger partial charge is 0.491 e. The van der Waals surface area contributed by atoms with Gasteiger partial charge in [0, 0.05) is 24.4 Å². The molecule has 0 aliphatic carbocycles. The summed E-state index contributed by atoms with van der Waals surface area (Å²) in [6.45, 7) is 3.52. The van der Waals surface area contributed by atoms with Crippen LogP contribution in [0.15, 0.2) is 42.6 Å². The molecule has 1 aliphatic heterocycles. The molecule has 1 unspecified atom stereocenters. The number of aliphatic hydroxyl groups excluding tert-OH is 2. The van der Waals surface area contributed by atoms with Crippen LogP contribution in [-0.4, -0.2) is 63.8 Å². The quantitative estimate of drug-likeness (QED) is 0.759. The van der Waals surface area contributed by atoms with Gasteiger partial charge in [0.05, 0.1) is 13.2 Å². The highest BCUT2D eigenvalue weighted by molar-refractivity contribution is 5.20. The van der Waals surface area contributed by atoms with Crippen molar-refractivity contribution in [2.45, 2.75) is 31.4 Å². The van der Waals surface area contributed by atoms with E-state index in [-0.39, 0.29) is 6.61 Å². The van der Waals surface area contributed by atoms with Gasteiger partial charge in [0.15, 0.2) is 0 Å². The third-order valence-electron chi connectivity index (χ3n) is 4.72. The second-order valence-electron chi connectivity index (χ2n) is 6.56. The first-order chi connectivity index (χ1) is 12.3. The van der Waals surface area contributed by atoms with Crippen LogP contribution in [-0.2, 0) is 6.54 Å². The summed E-state index contributed by atoms with van der Waals surface area (Å²) in [5.74, 6) is 1.26. The summed E-state index contributed by atoms with van der Waals surface area (Å²) in [5.41, 5.74) is 1.21. The maximum Gasteiger partial charge on any atom is 0.119 e. The number of aliphatic hydroxyl groups is 2. The van der Waals surface area contributed by atoms with E-state index in [0.29, 0.717) is 25.6 Å². The molecule has 6 heteroatoms. The van der Waals surface area contributed by atoms with Gasteiger partial charge in [-0.25, -0.2) is 0 Å². The zero-order valence-corrected chi connectivity index (χ0v) is 14.5. The minimum atomic E-state index is -0.489. The molecular weight excluding hydrogens is 318 g/mol. The molecule has 1 atom stereocenters. The van der Waals surface area contributed by atoms with Gasteiger partial charge < -0.3 is 19.8 Å². The van der Waals surface area contributed by atoms with Crippen LogP contribution >= 0.6 is 0 Å². The van der Waals surface area contributed by atoms with Gasteiger partial charge in [0.25, 0.3) is 0 Å². The van der Waals surface area contributed by atoms with Crippen LogP contribution in [0, 0.1) is 0 Å². The third kappa shape index (κ3) is 5.04. The van der Waals surface area contributed by atoms with Gasteiger partial charge in [-0.05, 0) is 44.1 Å². The van der Waals surface area contributed by atoms with Crippen LogP contribution in [0.4, 0.5) is 0 Å². The van der Waals surface area contributed by atoms with E-state index in [4.69, 9.17) is 9.84 Å². The van der Waals surface area contributed by atoms with Crippen molar-refractivity contribution in [3.05, 3.63) is 48.3 Å². The molecule has 136 valence electrons. The van der Waals surface area contributed by atoms with E-state index >= 15 is 0 Å². The fourth-order valence-electron chi connectivity index (χ4n) is 3.44. The van der Waals surface area contributed by atoms with E-state index in [1.54, 1.807) is 0 Å². The molecule has 0 bridgehead atoms. The van der Waals surface area contributed by atoms with Gasteiger partial charge in [-0.2, -0.15) is 5.10 Å². The monoisotopic (exact) mass is 345 g/mol. The molecular formula is C19H27N3O3. The Balaban J connectivity index is 1.42. The fourth-order valence-corrected chi connectivity index (χ4v) is 3.44. The summed E-state index contributed by atoms with van der Waals surface area (Å²) in [7, 11) is 0. The van der Waals surface area contributed by atoms with E-state index in [9.17, 15) is 5.11 Å². The number of hydrogen-bond acceptors (Lipinski definition) is 5. The Kier molecular flexibility index (Phi) is 6.44. The zero-order valence-electron chi connectivity index (χ0n) is 14.5. The van der Waals surface area contributed by atoms with Crippen molar-refractivity contribution in [2.24, 2.45) is 0 Å². The van der Waals surface area contributed by atoms with Crippen molar-refractivity contribution in [2.75, 3.05) is 32.8 Å². The smallest absolute Gasteiger partial charge is 0.119 e. The fraction of sp³-hybridized carbons (Fsp3) is 0.526. The number of benzene rings is 1.